The van der Waals surface area contributed by atoms with Gasteiger partial charge in [-0.1, -0.05) is 24.3 Å². The number of aliphatic hydroxyl groups is 1. The molecule has 144 valence electrons. The fourth-order valence-corrected chi connectivity index (χ4v) is 2.72. The van der Waals surface area contributed by atoms with Gasteiger partial charge < -0.3 is 25.6 Å². The second-order valence-corrected chi connectivity index (χ2v) is 7.17. The lowest BCUT2D eigenvalue weighted by Gasteiger charge is -2.37. The third-order valence-corrected chi connectivity index (χ3v) is 3.76. The number of carbonyl (C=O) groups is 3. The first kappa shape index (κ1) is 21.4. The molecule has 1 rings (SSSR count). The summed E-state index contributed by atoms with van der Waals surface area (Å²) < 4.78 is 5.23. The standard InChI is InChI=1S/C18H26N2O6/c1-17(2,3)26-16(25)20-18(4,10-19-11-22)14(15(23)24)13-8-6-5-7-12(13)9-21/h5-8,11,14,21H,9-10H2,1-4H3,(H,19,22)(H,20,25)(H,23,24). The Bertz CT molecular complexity index is 655. The van der Waals surface area contributed by atoms with E-state index < -0.39 is 29.1 Å². The minimum absolute atomic E-state index is 0.146. The summed E-state index contributed by atoms with van der Waals surface area (Å²) in [7, 11) is 0. The van der Waals surface area contributed by atoms with E-state index in [4.69, 9.17) is 4.74 Å². The molecule has 4 N–H and O–H groups in total. The molecule has 0 radical (unpaired) electrons. The monoisotopic (exact) mass is 366 g/mol. The van der Waals surface area contributed by atoms with Crippen LogP contribution in [0.4, 0.5) is 4.79 Å². The normalized spacial score (nSPS) is 14.7. The average Bonchev–Trinajstić information content (AvgIpc) is 2.51. The summed E-state index contributed by atoms with van der Waals surface area (Å²) in [6.45, 7) is 6.05. The lowest BCUT2D eigenvalue weighted by atomic mass is 9.78. The molecule has 0 bridgehead atoms. The lowest BCUT2D eigenvalue weighted by Crippen LogP contribution is -2.59. The Morgan fingerprint density at radius 1 is 1.23 bits per heavy atom. The van der Waals surface area contributed by atoms with Crippen molar-refractivity contribution in [1.29, 1.82) is 0 Å². The van der Waals surface area contributed by atoms with E-state index in [1.807, 2.05) is 0 Å². The second kappa shape index (κ2) is 8.66. The summed E-state index contributed by atoms with van der Waals surface area (Å²) in [6, 6.07) is 6.49. The second-order valence-electron chi connectivity index (χ2n) is 7.17. The number of carbonyl (C=O) groups excluding carboxylic acids is 2. The molecule has 26 heavy (non-hydrogen) atoms. The Balaban J connectivity index is 3.33. The third kappa shape index (κ3) is 5.73. The highest BCUT2D eigenvalue weighted by Crippen LogP contribution is 2.31. The molecule has 0 aliphatic carbocycles. The van der Waals surface area contributed by atoms with E-state index in [1.54, 1.807) is 45.0 Å². The Kier molecular flexibility index (Phi) is 7.14. The minimum Gasteiger partial charge on any atom is -0.481 e. The maximum Gasteiger partial charge on any atom is 0.408 e. The fraction of sp³-hybridized carbons (Fsp3) is 0.500. The maximum atomic E-state index is 12.3. The van der Waals surface area contributed by atoms with Crippen LogP contribution in [0.3, 0.4) is 0 Å². The molecule has 8 nitrogen and oxygen atoms in total. The van der Waals surface area contributed by atoms with Gasteiger partial charge in [0.1, 0.15) is 11.5 Å². The SMILES string of the molecule is CC(C)(C)OC(=O)NC(C)(CNC=O)C(C(=O)O)c1ccccc1CO. The van der Waals surface area contributed by atoms with Crippen molar-refractivity contribution in [2.24, 2.45) is 0 Å². The number of benzene rings is 1. The highest BCUT2D eigenvalue weighted by atomic mass is 16.6. The van der Waals surface area contributed by atoms with Crippen LogP contribution in [0.15, 0.2) is 24.3 Å². The number of hydrogen-bond acceptors (Lipinski definition) is 5. The van der Waals surface area contributed by atoms with Crippen LogP contribution < -0.4 is 10.6 Å². The Hall–Kier alpha value is -2.61. The van der Waals surface area contributed by atoms with Gasteiger partial charge in [0.25, 0.3) is 0 Å². The first-order valence-corrected chi connectivity index (χ1v) is 8.13. The van der Waals surface area contributed by atoms with Crippen molar-refractivity contribution in [1.82, 2.24) is 10.6 Å². The number of nitrogens with one attached hydrogen (secondary N) is 2. The summed E-state index contributed by atoms with van der Waals surface area (Å²) in [5.41, 5.74) is -1.41. The van der Waals surface area contributed by atoms with Crippen LogP contribution in [-0.4, -0.2) is 46.4 Å². The van der Waals surface area contributed by atoms with E-state index in [0.717, 1.165) is 0 Å². The van der Waals surface area contributed by atoms with E-state index in [9.17, 15) is 24.6 Å². The van der Waals surface area contributed by atoms with Crippen LogP contribution in [0, 0.1) is 0 Å². The molecule has 0 saturated heterocycles. The third-order valence-electron chi connectivity index (χ3n) is 3.76. The van der Waals surface area contributed by atoms with Gasteiger partial charge in [-0.05, 0) is 38.8 Å². The van der Waals surface area contributed by atoms with Crippen LogP contribution in [0.2, 0.25) is 0 Å². The van der Waals surface area contributed by atoms with Crippen molar-refractivity contribution in [2.45, 2.75) is 51.4 Å². The summed E-state index contributed by atoms with van der Waals surface area (Å²) in [5.74, 6) is -2.44. The molecule has 1 aromatic rings. The first-order chi connectivity index (χ1) is 12.0. The van der Waals surface area contributed by atoms with Crippen molar-refractivity contribution >= 4 is 18.5 Å². The van der Waals surface area contributed by atoms with E-state index in [2.05, 4.69) is 10.6 Å². The average molecular weight is 366 g/mol. The predicted octanol–water partition coefficient (Wildman–Crippen LogP) is 1.38. The Morgan fingerprint density at radius 2 is 1.85 bits per heavy atom. The van der Waals surface area contributed by atoms with Crippen molar-refractivity contribution < 1.29 is 29.3 Å². The van der Waals surface area contributed by atoms with Crippen LogP contribution in [-0.2, 0) is 20.9 Å². The molecule has 0 aliphatic rings. The summed E-state index contributed by atoms with van der Waals surface area (Å²) in [5, 5.41) is 24.4. The molecular weight excluding hydrogens is 340 g/mol. The topological polar surface area (TPSA) is 125 Å². The number of amides is 2. The van der Waals surface area contributed by atoms with Gasteiger partial charge in [0.15, 0.2) is 0 Å². The largest absolute Gasteiger partial charge is 0.481 e. The quantitative estimate of drug-likeness (QED) is 0.515. The van der Waals surface area contributed by atoms with E-state index >= 15 is 0 Å². The molecule has 1 aromatic carbocycles. The molecule has 8 heteroatoms. The number of hydrogen-bond donors (Lipinski definition) is 4. The number of ether oxygens (including phenoxy) is 1. The highest BCUT2D eigenvalue weighted by molar-refractivity contribution is 5.81. The van der Waals surface area contributed by atoms with Crippen molar-refractivity contribution in [3.05, 3.63) is 35.4 Å². The van der Waals surface area contributed by atoms with Gasteiger partial charge >= 0.3 is 12.1 Å². The molecule has 0 heterocycles. The highest BCUT2D eigenvalue weighted by Gasteiger charge is 2.43. The molecular formula is C18H26N2O6. The first-order valence-electron chi connectivity index (χ1n) is 8.13. The molecule has 0 fully saturated rings. The van der Waals surface area contributed by atoms with Crippen LogP contribution in [0.5, 0.6) is 0 Å². The molecule has 0 aliphatic heterocycles. The zero-order valence-corrected chi connectivity index (χ0v) is 15.4. The number of carboxylic acid groups (broad SMARTS) is 1. The summed E-state index contributed by atoms with van der Waals surface area (Å²) in [6.07, 6.45) is -0.383. The number of aliphatic carboxylic acids is 1. The number of alkyl carbamates (subject to hydrolysis) is 1. The van der Waals surface area contributed by atoms with Gasteiger partial charge in [-0.25, -0.2) is 4.79 Å². The van der Waals surface area contributed by atoms with Crippen molar-refractivity contribution in [3.63, 3.8) is 0 Å². The van der Waals surface area contributed by atoms with Gasteiger partial charge in [0.05, 0.1) is 12.1 Å². The van der Waals surface area contributed by atoms with Gasteiger partial charge in [0, 0.05) is 6.54 Å². The fourth-order valence-electron chi connectivity index (χ4n) is 2.72. The molecule has 0 spiro atoms. The smallest absolute Gasteiger partial charge is 0.408 e. The van der Waals surface area contributed by atoms with E-state index in [1.165, 1.54) is 6.92 Å². The van der Waals surface area contributed by atoms with E-state index in [-0.39, 0.29) is 13.2 Å². The van der Waals surface area contributed by atoms with E-state index in [0.29, 0.717) is 17.5 Å². The van der Waals surface area contributed by atoms with Crippen LogP contribution in [0.25, 0.3) is 0 Å². The summed E-state index contributed by atoms with van der Waals surface area (Å²) >= 11 is 0. The lowest BCUT2D eigenvalue weighted by molar-refractivity contribution is -0.141. The van der Waals surface area contributed by atoms with Crippen LogP contribution >= 0.6 is 0 Å². The number of aliphatic hydroxyl groups excluding tert-OH is 1. The number of rotatable bonds is 8. The minimum atomic E-state index is -1.40. The van der Waals surface area contributed by atoms with Gasteiger partial charge in [-0.3, -0.25) is 9.59 Å². The molecule has 0 aromatic heterocycles. The van der Waals surface area contributed by atoms with Gasteiger partial charge in [-0.15, -0.1) is 0 Å². The zero-order valence-electron chi connectivity index (χ0n) is 15.4. The van der Waals surface area contributed by atoms with Gasteiger partial charge in [0.2, 0.25) is 6.41 Å². The molecule has 0 saturated carbocycles. The predicted molar refractivity (Wildman–Crippen MR) is 94.6 cm³/mol. The number of carboxylic acids is 1. The summed E-state index contributed by atoms with van der Waals surface area (Å²) in [4.78, 5) is 35.1. The van der Waals surface area contributed by atoms with Crippen molar-refractivity contribution in [2.75, 3.05) is 6.54 Å². The maximum absolute atomic E-state index is 12.3. The molecule has 2 unspecified atom stereocenters. The molecule has 2 atom stereocenters. The Labute approximate surface area is 152 Å². The van der Waals surface area contributed by atoms with Crippen LogP contribution in [0.1, 0.15) is 44.7 Å². The zero-order chi connectivity index (χ0) is 20.0. The molecule has 2 amide bonds. The Morgan fingerprint density at radius 3 is 2.35 bits per heavy atom. The van der Waals surface area contributed by atoms with Gasteiger partial charge in [-0.2, -0.15) is 0 Å². The van der Waals surface area contributed by atoms with Crippen molar-refractivity contribution in [3.8, 4) is 0 Å².